The molecule has 0 saturated carbocycles. The molecule has 2 N–H and O–H groups in total. The van der Waals surface area contributed by atoms with Gasteiger partial charge in [0.2, 0.25) is 0 Å². The van der Waals surface area contributed by atoms with Crippen LogP contribution in [0.4, 0.5) is 0 Å². The molecule has 0 spiro atoms. The lowest BCUT2D eigenvalue weighted by Gasteiger charge is -2.14. The van der Waals surface area contributed by atoms with Gasteiger partial charge in [-0.15, -0.1) is 0 Å². The lowest BCUT2D eigenvalue weighted by Crippen LogP contribution is -1.91. The largest absolute Gasteiger partial charge is 0.507 e. The second-order valence-electron chi connectivity index (χ2n) is 5.83. The second kappa shape index (κ2) is 8.07. The van der Waals surface area contributed by atoms with E-state index in [4.69, 9.17) is 11.6 Å². The number of rotatable bonds is 5. The predicted molar refractivity (Wildman–Crippen MR) is 102 cm³/mol. The number of phenols is 2. The number of aromatic hydroxyl groups is 2. The Balaban J connectivity index is 2.61. The minimum absolute atomic E-state index is 0.00113. The van der Waals surface area contributed by atoms with Crippen molar-refractivity contribution < 1.29 is 10.2 Å². The smallest absolute Gasteiger partial charge is 0.142 e. The Kier molecular flexibility index (Phi) is 6.10. The maximum Gasteiger partial charge on any atom is 0.142 e. The third-order valence-corrected chi connectivity index (χ3v) is 4.24. The Morgan fingerprint density at radius 1 is 0.833 bits per heavy atom. The first kappa shape index (κ1) is 18.2. The van der Waals surface area contributed by atoms with Gasteiger partial charge in [-0.1, -0.05) is 42.0 Å². The molecule has 0 aliphatic rings. The van der Waals surface area contributed by atoms with Gasteiger partial charge in [-0.05, 0) is 68.5 Å². The third kappa shape index (κ3) is 4.01. The number of allylic oxidation sites excluding steroid dienone is 4. The molecule has 24 heavy (non-hydrogen) atoms. The van der Waals surface area contributed by atoms with Crippen molar-refractivity contribution in [3.05, 3.63) is 70.3 Å². The summed E-state index contributed by atoms with van der Waals surface area (Å²) in [6.07, 6.45) is 9.55. The number of benzene rings is 2. The van der Waals surface area contributed by atoms with Gasteiger partial charge in [0.05, 0.1) is 5.02 Å². The summed E-state index contributed by atoms with van der Waals surface area (Å²) in [6, 6.07) is 7.51. The van der Waals surface area contributed by atoms with E-state index in [0.29, 0.717) is 16.1 Å². The summed E-state index contributed by atoms with van der Waals surface area (Å²) in [5.41, 5.74) is 4.01. The van der Waals surface area contributed by atoms with Gasteiger partial charge in [0.25, 0.3) is 0 Å². The van der Waals surface area contributed by atoms with Gasteiger partial charge in [-0.3, -0.25) is 0 Å². The van der Waals surface area contributed by atoms with Crippen LogP contribution in [0.1, 0.15) is 30.5 Å². The summed E-state index contributed by atoms with van der Waals surface area (Å²) in [4.78, 5) is 0. The van der Waals surface area contributed by atoms with Crippen LogP contribution in [-0.4, -0.2) is 10.2 Å². The van der Waals surface area contributed by atoms with Gasteiger partial charge in [0.1, 0.15) is 11.5 Å². The zero-order valence-electron chi connectivity index (χ0n) is 14.3. The van der Waals surface area contributed by atoms with Gasteiger partial charge >= 0.3 is 0 Å². The molecule has 0 fully saturated rings. The first-order valence-corrected chi connectivity index (χ1v) is 8.42. The molecule has 0 heterocycles. The molecule has 0 atom stereocenters. The molecule has 0 unspecified atom stereocenters. The van der Waals surface area contributed by atoms with Gasteiger partial charge in [-0.25, -0.2) is 0 Å². The third-order valence-electron chi connectivity index (χ3n) is 3.95. The van der Waals surface area contributed by atoms with Crippen molar-refractivity contribution in [2.75, 3.05) is 0 Å². The van der Waals surface area contributed by atoms with Crippen molar-refractivity contribution in [2.24, 2.45) is 0 Å². The fourth-order valence-electron chi connectivity index (χ4n) is 2.66. The van der Waals surface area contributed by atoms with Crippen molar-refractivity contribution in [1.82, 2.24) is 0 Å². The number of hydrogen-bond donors (Lipinski definition) is 2. The van der Waals surface area contributed by atoms with Crippen LogP contribution in [0.3, 0.4) is 0 Å². The highest BCUT2D eigenvalue weighted by atomic mass is 35.5. The van der Waals surface area contributed by atoms with E-state index in [-0.39, 0.29) is 11.5 Å². The molecule has 3 heteroatoms. The van der Waals surface area contributed by atoms with Crippen LogP contribution in [-0.2, 0) is 12.8 Å². The van der Waals surface area contributed by atoms with E-state index in [1.54, 1.807) is 6.07 Å². The first-order valence-electron chi connectivity index (χ1n) is 8.04. The van der Waals surface area contributed by atoms with Crippen LogP contribution in [0.15, 0.2) is 48.6 Å². The molecule has 126 valence electrons. The van der Waals surface area contributed by atoms with Gasteiger partial charge < -0.3 is 10.2 Å². The maximum atomic E-state index is 10.5. The Morgan fingerprint density at radius 2 is 1.33 bits per heavy atom. The Hall–Kier alpha value is -2.19. The lowest BCUT2D eigenvalue weighted by atomic mass is 9.95. The summed E-state index contributed by atoms with van der Waals surface area (Å²) in [5.74, 6) is 0.174. The van der Waals surface area contributed by atoms with E-state index < -0.39 is 0 Å². The highest BCUT2D eigenvalue weighted by molar-refractivity contribution is 6.32. The summed E-state index contributed by atoms with van der Waals surface area (Å²) >= 11 is 6.20. The summed E-state index contributed by atoms with van der Waals surface area (Å²) in [7, 11) is 0. The van der Waals surface area contributed by atoms with Crippen molar-refractivity contribution >= 4 is 11.6 Å². The topological polar surface area (TPSA) is 40.5 Å². The zero-order chi connectivity index (χ0) is 17.7. The highest BCUT2D eigenvalue weighted by Gasteiger charge is 2.16. The Morgan fingerprint density at radius 3 is 1.88 bits per heavy atom. The predicted octanol–water partition coefficient (Wildman–Crippen LogP) is 5.96. The summed E-state index contributed by atoms with van der Waals surface area (Å²) in [6.45, 7) is 5.80. The van der Waals surface area contributed by atoms with Crippen molar-refractivity contribution in [3.8, 4) is 22.6 Å². The average molecular weight is 343 g/mol. The van der Waals surface area contributed by atoms with Gasteiger partial charge in [0, 0.05) is 11.1 Å². The van der Waals surface area contributed by atoms with Crippen LogP contribution < -0.4 is 0 Å². The van der Waals surface area contributed by atoms with Crippen LogP contribution in [0, 0.1) is 6.92 Å². The normalized spacial score (nSPS) is 11.7. The summed E-state index contributed by atoms with van der Waals surface area (Å²) < 4.78 is 0. The minimum atomic E-state index is -0.00113. The zero-order valence-corrected chi connectivity index (χ0v) is 15.1. The van der Waals surface area contributed by atoms with E-state index in [9.17, 15) is 10.2 Å². The van der Waals surface area contributed by atoms with E-state index in [1.807, 2.05) is 57.2 Å². The molecular weight excluding hydrogens is 320 g/mol. The van der Waals surface area contributed by atoms with Crippen molar-refractivity contribution in [1.29, 1.82) is 0 Å². The van der Waals surface area contributed by atoms with Gasteiger partial charge in [-0.2, -0.15) is 0 Å². The fourth-order valence-corrected chi connectivity index (χ4v) is 2.91. The lowest BCUT2D eigenvalue weighted by molar-refractivity contribution is 0.466. The maximum absolute atomic E-state index is 10.5. The second-order valence-corrected chi connectivity index (χ2v) is 6.24. The molecule has 0 saturated heterocycles. The molecule has 2 aromatic carbocycles. The van der Waals surface area contributed by atoms with Crippen LogP contribution in [0.2, 0.25) is 5.02 Å². The monoisotopic (exact) mass is 342 g/mol. The van der Waals surface area contributed by atoms with E-state index >= 15 is 0 Å². The highest BCUT2D eigenvalue weighted by Crippen LogP contribution is 2.42. The molecule has 0 bridgehead atoms. The van der Waals surface area contributed by atoms with E-state index in [0.717, 1.165) is 29.5 Å². The van der Waals surface area contributed by atoms with Crippen molar-refractivity contribution in [3.63, 3.8) is 0 Å². The standard InChI is InChI=1S/C21H23ClO2/c1-4-6-8-15-10-14(3)20(23)17(11-15)18-12-16(9-7-5-2)13-19(22)21(18)24/h4-7,10-13,23-24H,8-9H2,1-3H3/b6-4+,7-5+. The molecule has 0 aromatic heterocycles. The van der Waals surface area contributed by atoms with Crippen LogP contribution >= 0.6 is 11.6 Å². The molecule has 0 aliphatic heterocycles. The SMILES string of the molecule is C/C=C/Cc1cc(C)c(O)c(-c2cc(C/C=C/C)cc(Cl)c2O)c1. The fraction of sp³-hybridized carbons (Fsp3) is 0.238. The van der Waals surface area contributed by atoms with Gasteiger partial charge in [0.15, 0.2) is 0 Å². The van der Waals surface area contributed by atoms with Crippen LogP contribution in [0.25, 0.3) is 11.1 Å². The summed E-state index contributed by atoms with van der Waals surface area (Å²) in [5, 5.41) is 21.2. The molecule has 0 amide bonds. The molecule has 2 nitrogen and oxygen atoms in total. The number of phenolic OH excluding ortho intramolecular Hbond substituents is 2. The molecule has 0 radical (unpaired) electrons. The van der Waals surface area contributed by atoms with E-state index in [1.165, 1.54) is 0 Å². The Labute approximate surface area is 148 Å². The molecular formula is C21H23ClO2. The minimum Gasteiger partial charge on any atom is -0.507 e. The Bertz CT molecular complexity index is 721. The van der Waals surface area contributed by atoms with Crippen molar-refractivity contribution in [2.45, 2.75) is 33.6 Å². The molecule has 2 aromatic rings. The number of hydrogen-bond acceptors (Lipinski definition) is 2. The van der Waals surface area contributed by atoms with E-state index in [2.05, 4.69) is 6.08 Å². The van der Waals surface area contributed by atoms with Crippen LogP contribution in [0.5, 0.6) is 11.5 Å². The molecule has 0 aliphatic carbocycles. The number of halogens is 1. The average Bonchev–Trinajstić information content (AvgIpc) is 2.56. The first-order chi connectivity index (χ1) is 11.5. The quantitative estimate of drug-likeness (QED) is 0.658. The number of aryl methyl sites for hydroxylation is 1. The molecule has 2 rings (SSSR count).